The smallest absolute Gasteiger partial charge is 0.173 e. The van der Waals surface area contributed by atoms with Gasteiger partial charge < -0.3 is 5.32 Å². The summed E-state index contributed by atoms with van der Waals surface area (Å²) >= 11 is 0. The van der Waals surface area contributed by atoms with Gasteiger partial charge in [-0.25, -0.2) is 18.4 Å². The van der Waals surface area contributed by atoms with Crippen LogP contribution in [0.25, 0.3) is 0 Å². The zero-order valence-electron chi connectivity index (χ0n) is 8.00. The largest absolute Gasteiger partial charge is 0.305 e. The number of rotatable bonds is 3. The predicted molar refractivity (Wildman–Crippen MR) is 55.6 cm³/mol. The van der Waals surface area contributed by atoms with E-state index in [-0.39, 0.29) is 11.8 Å². The van der Waals surface area contributed by atoms with Gasteiger partial charge in [0.05, 0.1) is 5.75 Å². The monoisotopic (exact) mass is 225 g/mol. The number of nitrogens with zero attached hydrogens (tertiary/aromatic N) is 2. The van der Waals surface area contributed by atoms with Gasteiger partial charge in [0, 0.05) is 36.0 Å². The van der Waals surface area contributed by atoms with Gasteiger partial charge in [-0.15, -0.1) is 0 Å². The van der Waals surface area contributed by atoms with Crippen LogP contribution in [0.2, 0.25) is 0 Å². The zero-order valence-corrected chi connectivity index (χ0v) is 8.81. The van der Waals surface area contributed by atoms with Crippen LogP contribution in [0.3, 0.4) is 0 Å². The fraction of sp³-hybridized carbons (Fsp3) is 0.333. The minimum atomic E-state index is -2.97. The van der Waals surface area contributed by atoms with Gasteiger partial charge in [-0.1, -0.05) is 6.08 Å². The normalized spacial score (nSPS) is 23.1. The third-order valence-electron chi connectivity index (χ3n) is 2.11. The van der Waals surface area contributed by atoms with Gasteiger partial charge in [-0.05, 0) is 0 Å². The number of aromatic nitrogens is 2. The van der Waals surface area contributed by atoms with Crippen LogP contribution in [-0.2, 0) is 16.4 Å². The maximum atomic E-state index is 11.1. The van der Waals surface area contributed by atoms with Crippen LogP contribution in [-0.4, -0.2) is 30.2 Å². The van der Waals surface area contributed by atoms with Gasteiger partial charge in [0.1, 0.15) is 6.33 Å². The average molecular weight is 225 g/mol. The van der Waals surface area contributed by atoms with Gasteiger partial charge in [0.15, 0.2) is 9.84 Å². The topological polar surface area (TPSA) is 72.0 Å². The SMILES string of the molecule is O=S1(=O)C=CC(NCc2cncnc2)C1. The summed E-state index contributed by atoms with van der Waals surface area (Å²) in [5.41, 5.74) is 0.940. The molecule has 0 radical (unpaired) electrons. The molecule has 0 amide bonds. The summed E-state index contributed by atoms with van der Waals surface area (Å²) in [6.07, 6.45) is 6.53. The van der Waals surface area contributed by atoms with Crippen molar-refractivity contribution >= 4 is 9.84 Å². The van der Waals surface area contributed by atoms with E-state index in [1.165, 1.54) is 11.7 Å². The molecule has 1 unspecified atom stereocenters. The van der Waals surface area contributed by atoms with Crippen LogP contribution in [0.5, 0.6) is 0 Å². The van der Waals surface area contributed by atoms with Crippen LogP contribution in [0.4, 0.5) is 0 Å². The number of hydrogen-bond donors (Lipinski definition) is 1. The van der Waals surface area contributed by atoms with Crippen LogP contribution < -0.4 is 5.32 Å². The van der Waals surface area contributed by atoms with E-state index >= 15 is 0 Å². The van der Waals surface area contributed by atoms with Gasteiger partial charge in [-0.3, -0.25) is 0 Å². The molecule has 0 fully saturated rings. The molecule has 0 spiro atoms. The highest BCUT2D eigenvalue weighted by Gasteiger charge is 2.20. The van der Waals surface area contributed by atoms with Crippen LogP contribution in [0.1, 0.15) is 5.56 Å². The quantitative estimate of drug-likeness (QED) is 0.776. The van der Waals surface area contributed by atoms with E-state index < -0.39 is 9.84 Å². The van der Waals surface area contributed by atoms with Gasteiger partial charge >= 0.3 is 0 Å². The minimum Gasteiger partial charge on any atom is -0.305 e. The lowest BCUT2D eigenvalue weighted by Gasteiger charge is -2.08. The average Bonchev–Trinajstić information content (AvgIpc) is 2.57. The molecule has 2 rings (SSSR count). The van der Waals surface area contributed by atoms with Crippen molar-refractivity contribution in [2.75, 3.05) is 5.75 Å². The van der Waals surface area contributed by atoms with Crippen LogP contribution in [0, 0.1) is 0 Å². The molecular formula is C9H11N3O2S. The molecule has 0 bridgehead atoms. The molecule has 0 saturated heterocycles. The Kier molecular flexibility index (Phi) is 2.79. The van der Waals surface area contributed by atoms with Crippen LogP contribution in [0.15, 0.2) is 30.2 Å². The Morgan fingerprint density at radius 2 is 2.13 bits per heavy atom. The molecule has 0 aromatic carbocycles. The Balaban J connectivity index is 1.89. The molecule has 0 aliphatic carbocycles. The van der Waals surface area contributed by atoms with E-state index in [0.717, 1.165) is 5.56 Å². The molecular weight excluding hydrogens is 214 g/mol. The summed E-state index contributed by atoms with van der Waals surface area (Å²) in [7, 11) is -2.97. The Morgan fingerprint density at radius 1 is 1.40 bits per heavy atom. The second-order valence-corrected chi connectivity index (χ2v) is 5.32. The molecule has 1 aromatic rings. The second kappa shape index (κ2) is 4.08. The van der Waals surface area contributed by atoms with Crippen LogP contribution >= 0.6 is 0 Å². The Bertz CT molecular complexity index is 456. The van der Waals surface area contributed by atoms with E-state index in [0.29, 0.717) is 6.54 Å². The van der Waals surface area contributed by atoms with Crippen molar-refractivity contribution in [2.45, 2.75) is 12.6 Å². The van der Waals surface area contributed by atoms with Crippen molar-refractivity contribution in [3.63, 3.8) is 0 Å². The second-order valence-electron chi connectivity index (χ2n) is 3.39. The first-order valence-electron chi connectivity index (χ1n) is 4.54. The van der Waals surface area contributed by atoms with Crippen molar-refractivity contribution < 1.29 is 8.42 Å². The summed E-state index contributed by atoms with van der Waals surface area (Å²) in [5.74, 6) is 0.140. The third-order valence-corrected chi connectivity index (χ3v) is 3.51. The van der Waals surface area contributed by atoms with E-state index in [1.807, 2.05) is 0 Å². The summed E-state index contributed by atoms with van der Waals surface area (Å²) in [6, 6.07) is -0.102. The molecule has 0 saturated carbocycles. The molecule has 1 aliphatic heterocycles. The highest BCUT2D eigenvalue weighted by molar-refractivity contribution is 7.94. The van der Waals surface area contributed by atoms with Crippen molar-refractivity contribution in [1.29, 1.82) is 0 Å². The fourth-order valence-electron chi connectivity index (χ4n) is 1.37. The van der Waals surface area contributed by atoms with E-state index in [9.17, 15) is 8.42 Å². The Morgan fingerprint density at radius 3 is 2.73 bits per heavy atom. The molecule has 1 aromatic heterocycles. The molecule has 2 heterocycles. The van der Waals surface area contributed by atoms with E-state index in [2.05, 4.69) is 15.3 Å². The van der Waals surface area contributed by atoms with Crippen molar-refractivity contribution in [2.24, 2.45) is 0 Å². The maximum absolute atomic E-state index is 11.1. The molecule has 80 valence electrons. The zero-order chi connectivity index (χ0) is 10.7. The molecule has 1 aliphatic rings. The first kappa shape index (κ1) is 10.3. The Hall–Kier alpha value is -1.27. The Labute approximate surface area is 88.2 Å². The summed E-state index contributed by atoms with van der Waals surface area (Å²) in [4.78, 5) is 7.74. The molecule has 15 heavy (non-hydrogen) atoms. The molecule has 5 nitrogen and oxygen atoms in total. The molecule has 6 heteroatoms. The lowest BCUT2D eigenvalue weighted by Crippen LogP contribution is -2.29. The first-order valence-corrected chi connectivity index (χ1v) is 6.25. The maximum Gasteiger partial charge on any atom is 0.173 e. The summed E-state index contributed by atoms with van der Waals surface area (Å²) in [6.45, 7) is 0.575. The van der Waals surface area contributed by atoms with Crippen molar-refractivity contribution in [1.82, 2.24) is 15.3 Å². The minimum absolute atomic E-state index is 0.102. The van der Waals surface area contributed by atoms with Gasteiger partial charge in [-0.2, -0.15) is 0 Å². The molecule has 1 atom stereocenters. The highest BCUT2D eigenvalue weighted by atomic mass is 32.2. The van der Waals surface area contributed by atoms with Crippen molar-refractivity contribution in [3.05, 3.63) is 35.8 Å². The number of sulfone groups is 1. The van der Waals surface area contributed by atoms with Gasteiger partial charge in [0.2, 0.25) is 0 Å². The summed E-state index contributed by atoms with van der Waals surface area (Å²) in [5, 5.41) is 4.36. The third kappa shape index (κ3) is 2.84. The molecule has 1 N–H and O–H groups in total. The number of hydrogen-bond acceptors (Lipinski definition) is 5. The predicted octanol–water partition coefficient (Wildman–Crippen LogP) is -0.123. The lowest BCUT2D eigenvalue weighted by atomic mass is 10.3. The fourth-order valence-corrected chi connectivity index (χ4v) is 2.64. The van der Waals surface area contributed by atoms with Crippen molar-refractivity contribution in [3.8, 4) is 0 Å². The standard InChI is InChI=1S/C9H11N3O2S/c13-15(14)2-1-9(6-15)12-5-8-3-10-7-11-4-8/h1-4,7,9,12H,5-6H2. The van der Waals surface area contributed by atoms with E-state index in [1.54, 1.807) is 18.5 Å². The highest BCUT2D eigenvalue weighted by Crippen LogP contribution is 2.08. The number of nitrogens with one attached hydrogen (secondary N) is 1. The van der Waals surface area contributed by atoms with Gasteiger partial charge in [0.25, 0.3) is 0 Å². The lowest BCUT2D eigenvalue weighted by molar-refractivity contribution is 0.590. The summed E-state index contributed by atoms with van der Waals surface area (Å²) < 4.78 is 22.2. The van der Waals surface area contributed by atoms with E-state index in [4.69, 9.17) is 0 Å². The first-order chi connectivity index (χ1) is 7.16.